The Morgan fingerprint density at radius 1 is 1.05 bits per heavy atom. The Hall–Kier alpha value is -1.87. The molecule has 1 aliphatic carbocycles. The van der Waals surface area contributed by atoms with Crippen molar-refractivity contribution in [2.24, 2.45) is 0 Å². The van der Waals surface area contributed by atoms with Crippen molar-refractivity contribution in [3.63, 3.8) is 0 Å². The molecule has 0 aliphatic heterocycles. The van der Waals surface area contributed by atoms with E-state index in [1.807, 2.05) is 6.07 Å². The van der Waals surface area contributed by atoms with Crippen LogP contribution in [0.3, 0.4) is 0 Å². The van der Waals surface area contributed by atoms with Crippen molar-refractivity contribution in [1.29, 1.82) is 0 Å². The van der Waals surface area contributed by atoms with Crippen LogP contribution in [0, 0.1) is 0 Å². The summed E-state index contributed by atoms with van der Waals surface area (Å²) in [6.45, 7) is -0.222. The lowest BCUT2D eigenvalue weighted by molar-refractivity contribution is 0.280. The van der Waals surface area contributed by atoms with E-state index >= 15 is 0 Å². The van der Waals surface area contributed by atoms with Gasteiger partial charge >= 0.3 is 0 Å². The van der Waals surface area contributed by atoms with Crippen LogP contribution in [0.1, 0.15) is 29.5 Å². The number of hydrogen-bond donors (Lipinski definition) is 2. The van der Waals surface area contributed by atoms with E-state index in [1.165, 1.54) is 24.0 Å². The molecule has 3 heteroatoms. The fourth-order valence-corrected chi connectivity index (χ4v) is 2.70. The number of H-pyrrole nitrogens is 1. The van der Waals surface area contributed by atoms with Gasteiger partial charge in [0.25, 0.3) is 5.56 Å². The van der Waals surface area contributed by atoms with Gasteiger partial charge in [-0.3, -0.25) is 4.79 Å². The third-order valence-corrected chi connectivity index (χ3v) is 3.82. The lowest BCUT2D eigenvalue weighted by atomic mass is 9.90. The first-order valence-corrected chi connectivity index (χ1v) is 6.73. The highest BCUT2D eigenvalue weighted by Crippen LogP contribution is 2.26. The average molecular weight is 255 g/mol. The van der Waals surface area contributed by atoms with Crippen LogP contribution in [-0.2, 0) is 19.4 Å². The van der Waals surface area contributed by atoms with Crippen molar-refractivity contribution in [2.45, 2.75) is 32.3 Å². The summed E-state index contributed by atoms with van der Waals surface area (Å²) in [5, 5.41) is 9.02. The molecule has 0 saturated carbocycles. The van der Waals surface area contributed by atoms with Crippen LogP contribution in [0.15, 0.2) is 35.1 Å². The van der Waals surface area contributed by atoms with E-state index in [0.717, 1.165) is 24.1 Å². The Balaban J connectivity index is 2.02. The van der Waals surface area contributed by atoms with Crippen LogP contribution < -0.4 is 5.56 Å². The molecule has 3 nitrogen and oxygen atoms in total. The van der Waals surface area contributed by atoms with Gasteiger partial charge in [-0.05, 0) is 60.6 Å². The summed E-state index contributed by atoms with van der Waals surface area (Å²) in [7, 11) is 0. The monoisotopic (exact) mass is 255 g/mol. The smallest absolute Gasteiger partial charge is 0.253 e. The highest BCUT2D eigenvalue weighted by atomic mass is 16.3. The normalized spacial score (nSPS) is 14.2. The number of aliphatic hydroxyl groups is 1. The predicted octanol–water partition coefficient (Wildman–Crippen LogP) is 2.41. The van der Waals surface area contributed by atoms with Crippen LogP contribution in [0.4, 0.5) is 0 Å². The number of rotatable bonds is 2. The lowest BCUT2D eigenvalue weighted by Gasteiger charge is -2.16. The number of pyridine rings is 1. The molecule has 1 aromatic carbocycles. The van der Waals surface area contributed by atoms with Gasteiger partial charge in [-0.1, -0.05) is 12.1 Å². The highest BCUT2D eigenvalue weighted by molar-refractivity contribution is 5.61. The minimum absolute atomic E-state index is 0.210. The van der Waals surface area contributed by atoms with E-state index < -0.39 is 0 Å². The Bertz CT molecular complexity index is 658. The van der Waals surface area contributed by atoms with E-state index in [9.17, 15) is 4.79 Å². The zero-order valence-electron chi connectivity index (χ0n) is 10.8. The maximum atomic E-state index is 11.7. The first-order valence-electron chi connectivity index (χ1n) is 6.73. The molecule has 0 bridgehead atoms. The van der Waals surface area contributed by atoms with E-state index in [1.54, 1.807) is 6.07 Å². The SMILES string of the molecule is O=c1[nH]c(-c2ccc3c(c2)CCCC3)ccc1CO. The summed E-state index contributed by atoms with van der Waals surface area (Å²) < 4.78 is 0. The Morgan fingerprint density at radius 3 is 2.58 bits per heavy atom. The molecular formula is C16H17NO2. The number of aliphatic hydroxyl groups excluding tert-OH is 1. The molecule has 0 saturated heterocycles. The summed E-state index contributed by atoms with van der Waals surface area (Å²) in [5.41, 5.74) is 4.89. The number of fused-ring (bicyclic) bond motifs is 1. The maximum absolute atomic E-state index is 11.7. The van der Waals surface area contributed by atoms with Gasteiger partial charge in [0.2, 0.25) is 0 Å². The van der Waals surface area contributed by atoms with Crippen molar-refractivity contribution in [2.75, 3.05) is 0 Å². The van der Waals surface area contributed by atoms with Gasteiger partial charge in [-0.15, -0.1) is 0 Å². The molecule has 0 unspecified atom stereocenters. The summed E-state index contributed by atoms with van der Waals surface area (Å²) >= 11 is 0. The zero-order valence-corrected chi connectivity index (χ0v) is 10.8. The van der Waals surface area contributed by atoms with Crippen molar-refractivity contribution < 1.29 is 5.11 Å². The lowest BCUT2D eigenvalue weighted by Crippen LogP contribution is -2.12. The first kappa shape index (κ1) is 12.2. The highest BCUT2D eigenvalue weighted by Gasteiger charge is 2.10. The van der Waals surface area contributed by atoms with E-state index in [0.29, 0.717) is 5.56 Å². The molecule has 0 radical (unpaired) electrons. The molecule has 2 N–H and O–H groups in total. The molecule has 1 aromatic heterocycles. The number of aromatic amines is 1. The van der Waals surface area contributed by atoms with Crippen LogP contribution in [0.5, 0.6) is 0 Å². The summed E-state index contributed by atoms with van der Waals surface area (Å²) in [6.07, 6.45) is 4.81. The largest absolute Gasteiger partial charge is 0.391 e. The topological polar surface area (TPSA) is 53.1 Å². The molecular weight excluding hydrogens is 238 g/mol. The van der Waals surface area contributed by atoms with Gasteiger partial charge in [0.1, 0.15) is 0 Å². The third kappa shape index (κ3) is 2.34. The van der Waals surface area contributed by atoms with Crippen molar-refractivity contribution in [3.8, 4) is 11.3 Å². The Labute approximate surface area is 111 Å². The third-order valence-electron chi connectivity index (χ3n) is 3.82. The number of aryl methyl sites for hydroxylation is 2. The second-order valence-corrected chi connectivity index (χ2v) is 5.08. The van der Waals surface area contributed by atoms with E-state index in [-0.39, 0.29) is 12.2 Å². The van der Waals surface area contributed by atoms with Gasteiger partial charge in [-0.2, -0.15) is 0 Å². The van der Waals surface area contributed by atoms with E-state index in [2.05, 4.69) is 23.2 Å². The minimum atomic E-state index is -0.222. The molecule has 19 heavy (non-hydrogen) atoms. The fraction of sp³-hybridized carbons (Fsp3) is 0.312. The number of benzene rings is 1. The maximum Gasteiger partial charge on any atom is 0.253 e. The molecule has 1 aliphatic rings. The number of hydrogen-bond acceptors (Lipinski definition) is 2. The van der Waals surface area contributed by atoms with Gasteiger partial charge in [0, 0.05) is 11.3 Å². The quantitative estimate of drug-likeness (QED) is 0.865. The minimum Gasteiger partial charge on any atom is -0.391 e. The molecule has 0 fully saturated rings. The predicted molar refractivity (Wildman–Crippen MR) is 75.1 cm³/mol. The van der Waals surface area contributed by atoms with Crippen molar-refractivity contribution in [1.82, 2.24) is 4.98 Å². The van der Waals surface area contributed by atoms with Crippen LogP contribution in [0.25, 0.3) is 11.3 Å². The zero-order chi connectivity index (χ0) is 13.2. The number of aromatic nitrogens is 1. The second kappa shape index (κ2) is 5.02. The standard InChI is InChI=1S/C16H17NO2/c18-10-14-7-8-15(17-16(14)19)13-6-5-11-3-1-2-4-12(11)9-13/h5-9,18H,1-4,10H2,(H,17,19). The molecule has 0 spiro atoms. The van der Waals surface area contributed by atoms with Gasteiger partial charge in [-0.25, -0.2) is 0 Å². The van der Waals surface area contributed by atoms with E-state index in [4.69, 9.17) is 5.11 Å². The molecule has 2 aromatic rings. The molecule has 98 valence electrons. The van der Waals surface area contributed by atoms with Crippen molar-refractivity contribution >= 4 is 0 Å². The molecule has 3 rings (SSSR count). The number of nitrogens with one attached hydrogen (secondary N) is 1. The second-order valence-electron chi connectivity index (χ2n) is 5.08. The van der Waals surface area contributed by atoms with Gasteiger partial charge < -0.3 is 10.1 Å². The molecule has 0 amide bonds. The Kier molecular flexibility index (Phi) is 3.22. The van der Waals surface area contributed by atoms with Gasteiger partial charge in [0.15, 0.2) is 0 Å². The summed E-state index contributed by atoms with van der Waals surface area (Å²) in [4.78, 5) is 14.6. The Morgan fingerprint density at radius 2 is 1.84 bits per heavy atom. The first-order chi connectivity index (χ1) is 9.28. The van der Waals surface area contributed by atoms with Crippen LogP contribution in [0.2, 0.25) is 0 Å². The summed E-state index contributed by atoms with van der Waals surface area (Å²) in [6, 6.07) is 9.96. The molecule has 0 atom stereocenters. The van der Waals surface area contributed by atoms with Crippen molar-refractivity contribution in [3.05, 3.63) is 57.4 Å². The summed E-state index contributed by atoms with van der Waals surface area (Å²) in [5.74, 6) is 0. The average Bonchev–Trinajstić information content (AvgIpc) is 2.46. The van der Waals surface area contributed by atoms with Gasteiger partial charge in [0.05, 0.1) is 6.61 Å². The van der Waals surface area contributed by atoms with Crippen LogP contribution >= 0.6 is 0 Å². The molecule has 1 heterocycles. The van der Waals surface area contributed by atoms with Crippen LogP contribution in [-0.4, -0.2) is 10.1 Å². The fourth-order valence-electron chi connectivity index (χ4n) is 2.70.